The fourth-order valence-electron chi connectivity index (χ4n) is 3.37. The Kier molecular flexibility index (Phi) is 2.06. The Hall–Kier alpha value is -1.32. The molecule has 0 bridgehead atoms. The van der Waals surface area contributed by atoms with Crippen LogP contribution in [0, 0.1) is 0 Å². The van der Waals surface area contributed by atoms with Crippen LogP contribution < -0.4 is 5.32 Å². The number of hydrogen-bond donors (Lipinski definition) is 1. The minimum Gasteiger partial charge on any atom is -0.323 e. The maximum Gasteiger partial charge on any atom is 0.221 e. The largest absolute Gasteiger partial charge is 0.323 e. The smallest absolute Gasteiger partial charge is 0.221 e. The first-order valence-electron chi connectivity index (χ1n) is 6.05. The zero-order chi connectivity index (χ0) is 11.2. The molecule has 1 aliphatic heterocycles. The van der Waals surface area contributed by atoms with Gasteiger partial charge in [0.1, 0.15) is 0 Å². The Morgan fingerprint density at radius 1 is 1.44 bits per heavy atom. The number of rotatable bonds is 1. The van der Waals surface area contributed by atoms with E-state index in [1.807, 2.05) is 0 Å². The predicted octanol–water partition coefficient (Wildman–Crippen LogP) is 2.06. The van der Waals surface area contributed by atoms with Gasteiger partial charge in [-0.3, -0.25) is 9.48 Å². The van der Waals surface area contributed by atoms with Gasteiger partial charge in [0.05, 0.1) is 17.6 Å². The highest BCUT2D eigenvalue weighted by Crippen LogP contribution is 2.49. The second-order valence-electron chi connectivity index (χ2n) is 5.05. The first-order valence-corrected chi connectivity index (χ1v) is 6.05. The van der Waals surface area contributed by atoms with Crippen LogP contribution in [0.2, 0.25) is 0 Å². The van der Waals surface area contributed by atoms with Gasteiger partial charge in [0, 0.05) is 18.9 Å². The average molecular weight is 219 g/mol. The summed E-state index contributed by atoms with van der Waals surface area (Å²) in [5.74, 6) is -0.00385. The van der Waals surface area contributed by atoms with Crippen LogP contribution in [0.3, 0.4) is 0 Å². The molecule has 1 N–H and O–H groups in total. The van der Waals surface area contributed by atoms with E-state index < -0.39 is 0 Å². The molecule has 86 valence electrons. The summed E-state index contributed by atoms with van der Waals surface area (Å²) in [6, 6.07) is 0. The van der Waals surface area contributed by atoms with E-state index in [0.29, 0.717) is 5.41 Å². The van der Waals surface area contributed by atoms with E-state index in [2.05, 4.69) is 15.1 Å². The van der Waals surface area contributed by atoms with Crippen LogP contribution in [-0.4, -0.2) is 15.7 Å². The Labute approximate surface area is 95.0 Å². The fourth-order valence-corrected chi connectivity index (χ4v) is 3.37. The molecular formula is C12H17N3O. The maximum atomic E-state index is 11.2. The number of anilines is 1. The molecule has 1 fully saturated rings. The highest BCUT2D eigenvalue weighted by Gasteiger charge is 2.44. The van der Waals surface area contributed by atoms with Crippen molar-refractivity contribution < 1.29 is 4.79 Å². The molecule has 4 nitrogen and oxygen atoms in total. The van der Waals surface area contributed by atoms with E-state index in [1.165, 1.54) is 37.8 Å². The summed E-state index contributed by atoms with van der Waals surface area (Å²) in [6.07, 6.45) is 8.13. The molecule has 1 aromatic rings. The molecule has 3 rings (SSSR count). The number of aryl methyl sites for hydroxylation is 1. The maximum absolute atomic E-state index is 11.2. The van der Waals surface area contributed by atoms with Crippen LogP contribution in [0.1, 0.15) is 44.7 Å². The average Bonchev–Trinajstić information content (AvgIpc) is 2.88. The zero-order valence-electron chi connectivity index (χ0n) is 9.62. The summed E-state index contributed by atoms with van der Waals surface area (Å²) in [7, 11) is 0. The number of carbonyl (C=O) groups excluding carboxylic acids is 1. The fraction of sp³-hybridized carbons (Fsp3) is 0.667. The predicted molar refractivity (Wildman–Crippen MR) is 61.3 cm³/mol. The van der Waals surface area contributed by atoms with Gasteiger partial charge in [-0.15, -0.1) is 0 Å². The van der Waals surface area contributed by atoms with Gasteiger partial charge < -0.3 is 5.32 Å². The van der Waals surface area contributed by atoms with E-state index in [4.69, 9.17) is 0 Å². The quantitative estimate of drug-likeness (QED) is 0.785. The Morgan fingerprint density at radius 2 is 2.19 bits per heavy atom. The number of nitrogens with zero attached hydrogens (tertiary/aromatic N) is 2. The number of nitrogens with one attached hydrogen (secondary N) is 1. The monoisotopic (exact) mass is 219 g/mol. The van der Waals surface area contributed by atoms with Gasteiger partial charge in [-0.2, -0.15) is 5.10 Å². The third kappa shape index (κ3) is 1.29. The van der Waals surface area contributed by atoms with Crippen LogP contribution in [-0.2, 0) is 16.8 Å². The summed E-state index contributed by atoms with van der Waals surface area (Å²) in [5.41, 5.74) is 2.53. The molecule has 1 amide bonds. The number of carbonyl (C=O) groups is 1. The second-order valence-corrected chi connectivity index (χ2v) is 5.05. The highest BCUT2D eigenvalue weighted by atomic mass is 16.1. The van der Waals surface area contributed by atoms with E-state index in [1.54, 1.807) is 13.1 Å². The van der Waals surface area contributed by atoms with Crippen molar-refractivity contribution >= 4 is 11.6 Å². The van der Waals surface area contributed by atoms with Crippen molar-refractivity contribution in [3.8, 4) is 0 Å². The molecule has 4 heteroatoms. The molecule has 1 aliphatic carbocycles. The molecule has 2 heterocycles. The van der Waals surface area contributed by atoms with Gasteiger partial charge in [0.2, 0.25) is 5.91 Å². The van der Waals surface area contributed by atoms with Gasteiger partial charge in [0.15, 0.2) is 0 Å². The van der Waals surface area contributed by atoms with Crippen molar-refractivity contribution in [2.24, 2.45) is 0 Å². The second kappa shape index (κ2) is 3.34. The molecular weight excluding hydrogens is 202 g/mol. The molecule has 1 aromatic heterocycles. The van der Waals surface area contributed by atoms with Crippen LogP contribution in [0.5, 0.6) is 0 Å². The van der Waals surface area contributed by atoms with Crippen LogP contribution in [0.15, 0.2) is 6.20 Å². The highest BCUT2D eigenvalue weighted by molar-refractivity contribution is 5.89. The molecule has 1 spiro atoms. The Bertz CT molecular complexity index is 429. The lowest BCUT2D eigenvalue weighted by atomic mass is 9.81. The molecule has 2 aliphatic rings. The molecule has 0 radical (unpaired) electrons. The number of fused-ring (bicyclic) bond motifs is 2. The standard InChI is InChI=1S/C12H17N3O/c1-9(16)14-10-8-13-15-7-6-12(11(10)15)4-2-3-5-12/h8H,2-7H2,1H3,(H,14,16). The van der Waals surface area contributed by atoms with Crippen molar-refractivity contribution in [1.29, 1.82) is 0 Å². The Morgan fingerprint density at radius 3 is 2.88 bits per heavy atom. The van der Waals surface area contributed by atoms with Gasteiger partial charge in [-0.05, 0) is 19.3 Å². The molecule has 16 heavy (non-hydrogen) atoms. The third-order valence-electron chi connectivity index (χ3n) is 4.02. The van der Waals surface area contributed by atoms with Gasteiger partial charge >= 0.3 is 0 Å². The number of hydrogen-bond acceptors (Lipinski definition) is 2. The van der Waals surface area contributed by atoms with Crippen LogP contribution in [0.25, 0.3) is 0 Å². The van der Waals surface area contributed by atoms with E-state index in [-0.39, 0.29) is 5.91 Å². The first kappa shape index (κ1) is 9.87. The normalized spacial score (nSPS) is 21.3. The minimum atomic E-state index is -0.00385. The van der Waals surface area contributed by atoms with Gasteiger partial charge in [0.25, 0.3) is 0 Å². The van der Waals surface area contributed by atoms with Gasteiger partial charge in [-0.25, -0.2) is 0 Å². The summed E-state index contributed by atoms with van der Waals surface area (Å²) in [5, 5.41) is 7.28. The van der Waals surface area contributed by atoms with E-state index in [9.17, 15) is 4.79 Å². The summed E-state index contributed by atoms with van der Waals surface area (Å²) < 4.78 is 2.08. The molecule has 1 saturated carbocycles. The number of aromatic nitrogens is 2. The summed E-state index contributed by atoms with van der Waals surface area (Å²) in [6.45, 7) is 2.56. The van der Waals surface area contributed by atoms with Crippen molar-refractivity contribution in [1.82, 2.24) is 9.78 Å². The van der Waals surface area contributed by atoms with Crippen LogP contribution in [0.4, 0.5) is 5.69 Å². The molecule has 0 saturated heterocycles. The lowest BCUT2D eigenvalue weighted by Gasteiger charge is -2.23. The van der Waals surface area contributed by atoms with Crippen molar-refractivity contribution in [2.75, 3.05) is 5.32 Å². The zero-order valence-corrected chi connectivity index (χ0v) is 9.62. The first-order chi connectivity index (χ1) is 7.71. The van der Waals surface area contributed by atoms with E-state index in [0.717, 1.165) is 12.2 Å². The number of amides is 1. The SMILES string of the molecule is CC(=O)Nc1cnn2c1C1(CCCC1)CC2. The lowest BCUT2D eigenvalue weighted by molar-refractivity contribution is -0.114. The van der Waals surface area contributed by atoms with Crippen molar-refractivity contribution in [3.63, 3.8) is 0 Å². The summed E-state index contributed by atoms with van der Waals surface area (Å²) >= 11 is 0. The molecule has 0 atom stereocenters. The van der Waals surface area contributed by atoms with Crippen molar-refractivity contribution in [3.05, 3.63) is 11.9 Å². The van der Waals surface area contributed by atoms with E-state index >= 15 is 0 Å². The van der Waals surface area contributed by atoms with Crippen molar-refractivity contribution in [2.45, 2.75) is 51.0 Å². The van der Waals surface area contributed by atoms with Crippen LogP contribution >= 0.6 is 0 Å². The third-order valence-corrected chi connectivity index (χ3v) is 4.02. The van der Waals surface area contributed by atoms with Gasteiger partial charge in [-0.1, -0.05) is 12.8 Å². The molecule has 0 aromatic carbocycles. The Balaban J connectivity index is 2.02. The lowest BCUT2D eigenvalue weighted by Crippen LogP contribution is -2.20. The minimum absolute atomic E-state index is 0.00385. The summed E-state index contributed by atoms with van der Waals surface area (Å²) in [4.78, 5) is 11.2. The molecule has 0 unspecified atom stereocenters. The topological polar surface area (TPSA) is 46.9 Å².